The van der Waals surface area contributed by atoms with E-state index in [0.717, 1.165) is 44.9 Å². The molecule has 0 saturated heterocycles. The minimum atomic E-state index is -1.10. The average Bonchev–Trinajstić information content (AvgIpc) is 2.89. The molecule has 0 bridgehead atoms. The van der Waals surface area contributed by atoms with Gasteiger partial charge in [-0.25, -0.2) is 0 Å². The predicted molar refractivity (Wildman–Crippen MR) is 92.3 cm³/mol. The highest BCUT2D eigenvalue weighted by molar-refractivity contribution is 5.91. The van der Waals surface area contributed by atoms with E-state index >= 15 is 0 Å². The topological polar surface area (TPSA) is 54.4 Å². The molecule has 0 aromatic carbocycles. The highest BCUT2D eigenvalue weighted by Crippen LogP contribution is 2.66. The summed E-state index contributed by atoms with van der Waals surface area (Å²) in [7, 11) is 0. The van der Waals surface area contributed by atoms with Gasteiger partial charge in [0.25, 0.3) is 0 Å². The fourth-order valence-electron chi connectivity index (χ4n) is 7.27. The van der Waals surface area contributed by atoms with Crippen molar-refractivity contribution in [2.45, 2.75) is 77.2 Å². The lowest BCUT2D eigenvalue weighted by Crippen LogP contribution is -2.56. The van der Waals surface area contributed by atoms with Crippen molar-refractivity contribution in [1.29, 1.82) is 0 Å². The van der Waals surface area contributed by atoms with Crippen LogP contribution in [0.3, 0.4) is 0 Å². The van der Waals surface area contributed by atoms with E-state index in [1.807, 2.05) is 6.08 Å². The fourth-order valence-corrected chi connectivity index (χ4v) is 7.27. The van der Waals surface area contributed by atoms with Gasteiger partial charge in [0, 0.05) is 11.8 Å². The van der Waals surface area contributed by atoms with Crippen molar-refractivity contribution in [1.82, 2.24) is 0 Å². The monoisotopic (exact) mass is 330 g/mol. The molecule has 4 rings (SSSR count). The smallest absolute Gasteiger partial charge is 0.161 e. The molecule has 0 amide bonds. The van der Waals surface area contributed by atoms with Crippen LogP contribution in [0.15, 0.2) is 11.6 Å². The Hall–Kier alpha value is -0.960. The molecule has 0 heterocycles. The Morgan fingerprint density at radius 1 is 1.17 bits per heavy atom. The Morgan fingerprint density at radius 2 is 1.96 bits per heavy atom. The molecule has 0 aliphatic heterocycles. The molecule has 4 aliphatic rings. The molecule has 0 unspecified atom stereocenters. The van der Waals surface area contributed by atoms with E-state index in [0.29, 0.717) is 42.3 Å². The van der Waals surface area contributed by atoms with Crippen LogP contribution in [0.2, 0.25) is 0 Å². The van der Waals surface area contributed by atoms with Gasteiger partial charge in [-0.05, 0) is 88.0 Å². The second kappa shape index (κ2) is 5.52. The van der Waals surface area contributed by atoms with Gasteiger partial charge >= 0.3 is 0 Å². The van der Waals surface area contributed by atoms with Crippen molar-refractivity contribution in [3.05, 3.63) is 11.6 Å². The molecular weight excluding hydrogens is 300 g/mol. The van der Waals surface area contributed by atoms with Crippen LogP contribution in [0.1, 0.15) is 71.6 Å². The Balaban J connectivity index is 1.67. The van der Waals surface area contributed by atoms with Crippen LogP contribution in [0, 0.1) is 29.1 Å². The molecule has 4 aliphatic carbocycles. The Labute approximate surface area is 144 Å². The quantitative estimate of drug-likeness (QED) is 0.837. The lowest BCUT2D eigenvalue weighted by molar-refractivity contribution is -0.162. The van der Waals surface area contributed by atoms with Crippen LogP contribution in [0.5, 0.6) is 0 Å². The van der Waals surface area contributed by atoms with Crippen LogP contribution in [-0.4, -0.2) is 22.3 Å². The number of Topliss-reactive ketones (excluding diaryl/α,β-unsaturated/α-hetero) is 1. The van der Waals surface area contributed by atoms with Crippen LogP contribution in [0.25, 0.3) is 0 Å². The van der Waals surface area contributed by atoms with Crippen molar-refractivity contribution in [2.24, 2.45) is 29.1 Å². The van der Waals surface area contributed by atoms with Crippen LogP contribution >= 0.6 is 0 Å². The summed E-state index contributed by atoms with van der Waals surface area (Å²) in [5.41, 5.74) is 0.0955. The summed E-state index contributed by atoms with van der Waals surface area (Å²) in [5, 5.41) is 11.3. The highest BCUT2D eigenvalue weighted by atomic mass is 16.3. The molecule has 1 N–H and O–H groups in total. The fraction of sp³-hybridized carbons (Fsp3) is 0.810. The largest absolute Gasteiger partial charge is 0.381 e. The summed E-state index contributed by atoms with van der Waals surface area (Å²) in [4.78, 5) is 24.1. The van der Waals surface area contributed by atoms with E-state index < -0.39 is 5.60 Å². The summed E-state index contributed by atoms with van der Waals surface area (Å²) in [6, 6.07) is 0. The normalized spacial score (nSPS) is 47.5. The van der Waals surface area contributed by atoms with E-state index in [4.69, 9.17) is 0 Å². The molecule has 6 atom stereocenters. The molecule has 3 nitrogen and oxygen atoms in total. The van der Waals surface area contributed by atoms with Crippen molar-refractivity contribution in [3.63, 3.8) is 0 Å². The number of ketones is 2. The van der Waals surface area contributed by atoms with Crippen LogP contribution < -0.4 is 0 Å². The zero-order valence-corrected chi connectivity index (χ0v) is 15.0. The number of rotatable bonds is 2. The second-order valence-corrected chi connectivity index (χ2v) is 8.81. The van der Waals surface area contributed by atoms with E-state index in [1.165, 1.54) is 5.57 Å². The van der Waals surface area contributed by atoms with E-state index in [-0.39, 0.29) is 11.2 Å². The van der Waals surface area contributed by atoms with Crippen molar-refractivity contribution < 1.29 is 14.7 Å². The summed E-state index contributed by atoms with van der Waals surface area (Å²) in [6.07, 6.45) is 10.5. The van der Waals surface area contributed by atoms with Crippen LogP contribution in [-0.2, 0) is 9.59 Å². The molecular formula is C21H30O3. The summed E-state index contributed by atoms with van der Waals surface area (Å²) < 4.78 is 0. The number of allylic oxidation sites excluding steroid dienone is 1. The Morgan fingerprint density at radius 3 is 2.67 bits per heavy atom. The second-order valence-electron chi connectivity index (χ2n) is 8.81. The number of hydrogen-bond donors (Lipinski definition) is 1. The van der Waals surface area contributed by atoms with Gasteiger partial charge in [0.05, 0.1) is 0 Å². The molecule has 3 saturated carbocycles. The van der Waals surface area contributed by atoms with Crippen LogP contribution in [0.4, 0.5) is 0 Å². The van der Waals surface area contributed by atoms with Gasteiger partial charge in [0.2, 0.25) is 0 Å². The third-order valence-corrected chi connectivity index (χ3v) is 8.36. The zero-order valence-electron chi connectivity index (χ0n) is 15.0. The molecule has 0 aromatic heterocycles. The summed E-state index contributed by atoms with van der Waals surface area (Å²) in [6.45, 7) is 3.75. The van der Waals surface area contributed by atoms with E-state index in [9.17, 15) is 14.7 Å². The molecule has 0 aromatic rings. The molecule has 132 valence electrons. The highest BCUT2D eigenvalue weighted by Gasteiger charge is 2.65. The first-order valence-electron chi connectivity index (χ1n) is 9.89. The number of aliphatic hydroxyl groups is 1. The number of hydrogen-bond acceptors (Lipinski definition) is 3. The minimum Gasteiger partial charge on any atom is -0.381 e. The summed E-state index contributed by atoms with van der Waals surface area (Å²) in [5.74, 6) is 2.64. The van der Waals surface area contributed by atoms with E-state index in [2.05, 4.69) is 6.92 Å². The maximum Gasteiger partial charge on any atom is 0.161 e. The van der Waals surface area contributed by atoms with Gasteiger partial charge in [-0.15, -0.1) is 0 Å². The molecule has 0 radical (unpaired) electrons. The SMILES string of the molecule is CC[C@]12CC[C@H]3[C@@H](CCC4=CC(=O)CC[C@@H]43)[C@@H]1CC[C@@]2(O)C(C)=O. The van der Waals surface area contributed by atoms with Gasteiger partial charge in [-0.3, -0.25) is 9.59 Å². The number of carbonyl (C=O) groups excluding carboxylic acids is 2. The van der Waals surface area contributed by atoms with Gasteiger partial charge < -0.3 is 5.11 Å². The third kappa shape index (κ3) is 2.00. The minimum absolute atomic E-state index is 0.0232. The standard InChI is InChI=1S/C21H30O3/c1-3-20-10-8-17-16-7-5-15(23)12-14(16)4-6-18(17)19(20)9-11-21(20,24)13(2)22/h12,16-19,24H,3-11H2,1-2H3/t16-,17+,18+,19-,20-,21+/m0/s1. The van der Waals surface area contributed by atoms with Gasteiger partial charge in [0.15, 0.2) is 11.6 Å². The summed E-state index contributed by atoms with van der Waals surface area (Å²) >= 11 is 0. The third-order valence-electron chi connectivity index (χ3n) is 8.36. The Kier molecular flexibility index (Phi) is 3.80. The van der Waals surface area contributed by atoms with Crippen molar-refractivity contribution in [3.8, 4) is 0 Å². The first-order valence-corrected chi connectivity index (χ1v) is 9.89. The molecule has 24 heavy (non-hydrogen) atoms. The first kappa shape index (κ1) is 16.5. The van der Waals surface area contributed by atoms with Gasteiger partial charge in [-0.2, -0.15) is 0 Å². The molecule has 3 fully saturated rings. The lowest BCUT2D eigenvalue weighted by Gasteiger charge is -2.56. The molecule has 3 heteroatoms. The first-order chi connectivity index (χ1) is 11.4. The predicted octanol–water partition coefficient (Wildman–Crippen LogP) is 3.84. The Bertz CT molecular complexity index is 606. The lowest BCUT2D eigenvalue weighted by atomic mass is 9.49. The molecule has 0 spiro atoms. The van der Waals surface area contributed by atoms with E-state index in [1.54, 1.807) is 6.92 Å². The number of fused-ring (bicyclic) bond motifs is 5. The average molecular weight is 330 g/mol. The van der Waals surface area contributed by atoms with Gasteiger partial charge in [-0.1, -0.05) is 12.5 Å². The van der Waals surface area contributed by atoms with Crippen molar-refractivity contribution >= 4 is 11.6 Å². The number of carbonyl (C=O) groups is 2. The maximum atomic E-state index is 12.3. The zero-order chi connectivity index (χ0) is 17.1. The maximum absolute atomic E-state index is 12.3. The van der Waals surface area contributed by atoms with Gasteiger partial charge in [0.1, 0.15) is 5.60 Å². The van der Waals surface area contributed by atoms with Crippen molar-refractivity contribution in [2.75, 3.05) is 0 Å².